The van der Waals surface area contributed by atoms with E-state index >= 15 is 0 Å². The predicted octanol–water partition coefficient (Wildman–Crippen LogP) is 3.06. The number of sulfonamides is 1. The molecule has 0 saturated carbocycles. The molecule has 1 aromatic carbocycles. The van der Waals surface area contributed by atoms with Crippen molar-refractivity contribution >= 4 is 44.8 Å². The Kier molecular flexibility index (Phi) is 6.52. The molecule has 0 aliphatic heterocycles. The maximum Gasteiger partial charge on any atom is 0.243 e. The molecule has 5 nitrogen and oxygen atoms in total. The summed E-state index contributed by atoms with van der Waals surface area (Å²) in [6.07, 6.45) is 1.77. The number of rotatable bonds is 6. The van der Waals surface area contributed by atoms with E-state index in [9.17, 15) is 13.2 Å². The fraction of sp³-hybridized carbons (Fsp3) is 0.500. The van der Waals surface area contributed by atoms with Crippen molar-refractivity contribution in [2.75, 3.05) is 10.6 Å². The molecule has 1 aromatic rings. The summed E-state index contributed by atoms with van der Waals surface area (Å²) >= 11 is 12.0. The van der Waals surface area contributed by atoms with Gasteiger partial charge in [-0.25, -0.2) is 8.42 Å². The Morgan fingerprint density at radius 2 is 1.91 bits per heavy atom. The summed E-state index contributed by atoms with van der Waals surface area (Å²) in [6, 6.07) is 3.48. The van der Waals surface area contributed by atoms with Gasteiger partial charge < -0.3 is 5.32 Å². The van der Waals surface area contributed by atoms with Crippen LogP contribution in [0.3, 0.4) is 0 Å². The normalized spacial score (nSPS) is 14.3. The fourth-order valence-electron chi connectivity index (χ4n) is 1.90. The molecule has 1 N–H and O–H groups in total. The zero-order valence-corrected chi connectivity index (χ0v) is 15.3. The highest BCUT2D eigenvalue weighted by atomic mass is 35.5. The van der Waals surface area contributed by atoms with Crippen LogP contribution in [0.25, 0.3) is 0 Å². The molecule has 0 spiro atoms. The number of anilines is 1. The first-order valence-electron chi connectivity index (χ1n) is 6.82. The van der Waals surface area contributed by atoms with Gasteiger partial charge in [0.2, 0.25) is 15.9 Å². The zero-order valence-electron chi connectivity index (χ0n) is 12.9. The highest BCUT2D eigenvalue weighted by molar-refractivity contribution is 7.92. The molecule has 1 rings (SSSR count). The summed E-state index contributed by atoms with van der Waals surface area (Å²) in [7, 11) is -3.71. The van der Waals surface area contributed by atoms with Crippen molar-refractivity contribution < 1.29 is 13.2 Å². The monoisotopic (exact) mass is 366 g/mol. The summed E-state index contributed by atoms with van der Waals surface area (Å²) in [5, 5.41) is 3.31. The molecule has 0 radical (unpaired) electrons. The van der Waals surface area contributed by atoms with Crippen LogP contribution in [-0.2, 0) is 14.8 Å². The molecular weight excluding hydrogens is 347 g/mol. The van der Waals surface area contributed by atoms with E-state index in [1.54, 1.807) is 6.07 Å². The molecule has 1 amide bonds. The molecular formula is C14H20Cl2N2O3S. The number of nitrogens with zero attached hydrogens (tertiary/aromatic N) is 1. The molecule has 8 heteroatoms. The van der Waals surface area contributed by atoms with Gasteiger partial charge in [0.25, 0.3) is 0 Å². The number of hydrogen-bond donors (Lipinski definition) is 1. The summed E-state index contributed by atoms with van der Waals surface area (Å²) in [4.78, 5) is 12.3. The largest absolute Gasteiger partial charge is 0.352 e. The fourth-order valence-corrected chi connectivity index (χ4v) is 3.50. The lowest BCUT2D eigenvalue weighted by molar-refractivity contribution is -0.122. The molecule has 2 atom stereocenters. The average Bonchev–Trinajstić information content (AvgIpc) is 2.41. The Morgan fingerprint density at radius 3 is 2.41 bits per heavy atom. The molecule has 0 fully saturated rings. The van der Waals surface area contributed by atoms with E-state index in [1.165, 1.54) is 19.1 Å². The van der Waals surface area contributed by atoms with Gasteiger partial charge in [-0.3, -0.25) is 9.10 Å². The van der Waals surface area contributed by atoms with Gasteiger partial charge in [0.05, 0.1) is 17.0 Å². The molecule has 0 aliphatic carbocycles. The molecule has 0 aromatic heterocycles. The van der Waals surface area contributed by atoms with E-state index in [-0.39, 0.29) is 16.8 Å². The van der Waals surface area contributed by atoms with E-state index < -0.39 is 22.0 Å². The minimum absolute atomic E-state index is 0.0498. The summed E-state index contributed by atoms with van der Waals surface area (Å²) in [5.41, 5.74) is 0.184. The van der Waals surface area contributed by atoms with Gasteiger partial charge in [0, 0.05) is 11.1 Å². The lowest BCUT2D eigenvalue weighted by Crippen LogP contribution is -2.49. The van der Waals surface area contributed by atoms with Crippen molar-refractivity contribution in [1.29, 1.82) is 0 Å². The van der Waals surface area contributed by atoms with Crippen LogP contribution in [-0.4, -0.2) is 32.7 Å². The maximum absolute atomic E-state index is 12.3. The van der Waals surface area contributed by atoms with Crippen LogP contribution in [0.15, 0.2) is 18.2 Å². The van der Waals surface area contributed by atoms with Gasteiger partial charge in [-0.2, -0.15) is 0 Å². The Labute approximate surface area is 141 Å². The first-order chi connectivity index (χ1) is 10.1. The number of hydrogen-bond acceptors (Lipinski definition) is 3. The quantitative estimate of drug-likeness (QED) is 0.840. The number of nitrogens with one attached hydrogen (secondary N) is 1. The second kappa shape index (κ2) is 7.53. The van der Waals surface area contributed by atoms with Crippen LogP contribution in [0.4, 0.5) is 5.69 Å². The molecule has 124 valence electrons. The van der Waals surface area contributed by atoms with Gasteiger partial charge in [0.15, 0.2) is 0 Å². The Morgan fingerprint density at radius 1 is 1.32 bits per heavy atom. The van der Waals surface area contributed by atoms with Crippen LogP contribution in [0.2, 0.25) is 10.0 Å². The van der Waals surface area contributed by atoms with Crippen LogP contribution < -0.4 is 9.62 Å². The number of amides is 1. The maximum atomic E-state index is 12.3. The minimum atomic E-state index is -3.71. The first kappa shape index (κ1) is 19.1. The van der Waals surface area contributed by atoms with Gasteiger partial charge in [-0.05, 0) is 38.5 Å². The Hall–Kier alpha value is -0.980. The van der Waals surface area contributed by atoms with E-state index in [1.807, 2.05) is 13.8 Å². The van der Waals surface area contributed by atoms with Crippen molar-refractivity contribution in [3.63, 3.8) is 0 Å². The van der Waals surface area contributed by atoms with Gasteiger partial charge >= 0.3 is 0 Å². The highest BCUT2D eigenvalue weighted by Crippen LogP contribution is 2.32. The Bertz CT molecular complexity index is 649. The lowest BCUT2D eigenvalue weighted by Gasteiger charge is -2.29. The molecule has 0 aliphatic rings. The van der Waals surface area contributed by atoms with Crippen LogP contribution in [0.1, 0.15) is 27.2 Å². The molecule has 0 bridgehead atoms. The molecule has 0 heterocycles. The second-order valence-corrected chi connectivity index (χ2v) is 7.85. The summed E-state index contributed by atoms with van der Waals surface area (Å²) in [5.74, 6) is -0.393. The number of benzene rings is 1. The first-order valence-corrected chi connectivity index (χ1v) is 9.43. The van der Waals surface area contributed by atoms with Crippen molar-refractivity contribution in [1.82, 2.24) is 5.32 Å². The third kappa shape index (κ3) is 4.76. The molecule has 0 saturated heterocycles. The van der Waals surface area contributed by atoms with Gasteiger partial charge in [-0.1, -0.05) is 30.1 Å². The third-order valence-electron chi connectivity index (χ3n) is 3.24. The van der Waals surface area contributed by atoms with Crippen molar-refractivity contribution in [3.05, 3.63) is 28.2 Å². The lowest BCUT2D eigenvalue weighted by atomic mass is 10.2. The van der Waals surface area contributed by atoms with E-state index in [2.05, 4.69) is 5.32 Å². The number of halogens is 2. The van der Waals surface area contributed by atoms with Gasteiger partial charge in [0.1, 0.15) is 6.04 Å². The van der Waals surface area contributed by atoms with Crippen LogP contribution >= 0.6 is 23.2 Å². The molecule has 0 unspecified atom stereocenters. The standard InChI is InChI=1S/C14H20Cl2N2O3S/c1-5-9(2)17-14(19)10(3)18(22(4,20)21)13-8-11(15)6-7-12(13)16/h6-10H,5H2,1-4H3,(H,17,19)/t9-,10+/m1/s1. The molecule has 22 heavy (non-hydrogen) atoms. The van der Waals surface area contributed by atoms with Crippen molar-refractivity contribution in [2.45, 2.75) is 39.3 Å². The summed E-state index contributed by atoms with van der Waals surface area (Å²) < 4.78 is 25.3. The topological polar surface area (TPSA) is 66.5 Å². The van der Waals surface area contributed by atoms with Crippen molar-refractivity contribution in [3.8, 4) is 0 Å². The van der Waals surface area contributed by atoms with Crippen LogP contribution in [0.5, 0.6) is 0 Å². The van der Waals surface area contributed by atoms with E-state index in [0.717, 1.165) is 17.0 Å². The average molecular weight is 367 g/mol. The Balaban J connectivity index is 3.25. The third-order valence-corrected chi connectivity index (χ3v) is 5.02. The summed E-state index contributed by atoms with van der Waals surface area (Å²) in [6.45, 7) is 5.29. The number of carbonyl (C=O) groups is 1. The van der Waals surface area contributed by atoms with Crippen LogP contribution in [0, 0.1) is 0 Å². The zero-order chi connectivity index (χ0) is 17.1. The highest BCUT2D eigenvalue weighted by Gasteiger charge is 2.31. The van der Waals surface area contributed by atoms with Gasteiger partial charge in [-0.15, -0.1) is 0 Å². The van der Waals surface area contributed by atoms with E-state index in [0.29, 0.717) is 5.02 Å². The number of carbonyl (C=O) groups excluding carboxylic acids is 1. The smallest absolute Gasteiger partial charge is 0.243 e. The predicted molar refractivity (Wildman–Crippen MR) is 91.1 cm³/mol. The minimum Gasteiger partial charge on any atom is -0.352 e. The van der Waals surface area contributed by atoms with E-state index in [4.69, 9.17) is 23.2 Å². The van der Waals surface area contributed by atoms with Crippen molar-refractivity contribution in [2.24, 2.45) is 0 Å². The second-order valence-electron chi connectivity index (χ2n) is 5.15. The SMILES string of the molecule is CC[C@@H](C)NC(=O)[C@H](C)N(c1cc(Cl)ccc1Cl)S(C)(=O)=O.